The van der Waals surface area contributed by atoms with Crippen LogP contribution in [0.15, 0.2) is 49.3 Å². The molecule has 7 heteroatoms. The first-order chi connectivity index (χ1) is 15.1. The molecule has 158 valence electrons. The van der Waals surface area contributed by atoms with E-state index in [4.69, 9.17) is 9.72 Å². The van der Waals surface area contributed by atoms with E-state index in [0.29, 0.717) is 11.9 Å². The smallest absolute Gasteiger partial charge is 0.162 e. The van der Waals surface area contributed by atoms with Crippen LogP contribution in [-0.4, -0.2) is 43.1 Å². The third kappa shape index (κ3) is 3.77. The summed E-state index contributed by atoms with van der Waals surface area (Å²) in [5.74, 6) is 1.59. The van der Waals surface area contributed by atoms with Crippen molar-refractivity contribution >= 4 is 10.9 Å². The summed E-state index contributed by atoms with van der Waals surface area (Å²) in [7, 11) is 1.72. The summed E-state index contributed by atoms with van der Waals surface area (Å²) < 4.78 is 7.83. The van der Waals surface area contributed by atoms with Crippen LogP contribution in [0.2, 0.25) is 0 Å². The molecule has 0 N–H and O–H groups in total. The monoisotopic (exact) mass is 414 g/mol. The lowest BCUT2D eigenvalue weighted by Crippen LogP contribution is -2.31. The van der Waals surface area contributed by atoms with Gasteiger partial charge >= 0.3 is 0 Å². The van der Waals surface area contributed by atoms with Crippen LogP contribution in [0.5, 0.6) is 5.75 Å². The molecule has 0 amide bonds. The summed E-state index contributed by atoms with van der Waals surface area (Å²) in [6.45, 7) is 7.14. The number of rotatable bonds is 5. The van der Waals surface area contributed by atoms with Crippen molar-refractivity contribution in [3.05, 3.63) is 66.1 Å². The Bertz CT molecular complexity index is 1220. The summed E-state index contributed by atoms with van der Waals surface area (Å²) in [4.78, 5) is 20.0. The van der Waals surface area contributed by atoms with Crippen LogP contribution >= 0.6 is 0 Å². The lowest BCUT2D eigenvalue weighted by atomic mass is 10.1. The van der Waals surface area contributed by atoms with E-state index in [9.17, 15) is 0 Å². The number of benzene rings is 1. The largest absolute Gasteiger partial charge is 0.497 e. The maximum atomic E-state index is 5.48. The maximum absolute atomic E-state index is 5.48. The third-order valence-electron chi connectivity index (χ3n) is 5.90. The molecule has 4 heterocycles. The van der Waals surface area contributed by atoms with Gasteiger partial charge in [-0.1, -0.05) is 0 Å². The van der Waals surface area contributed by atoms with Gasteiger partial charge in [-0.05, 0) is 37.6 Å². The molecule has 0 spiro atoms. The number of nitrogens with zero attached hydrogens (tertiary/aromatic N) is 6. The van der Waals surface area contributed by atoms with Gasteiger partial charge in [0, 0.05) is 73.4 Å². The van der Waals surface area contributed by atoms with Crippen molar-refractivity contribution in [1.82, 2.24) is 29.4 Å². The molecule has 0 unspecified atom stereocenters. The molecule has 3 aromatic heterocycles. The topological polar surface area (TPSA) is 69.0 Å². The average molecular weight is 415 g/mol. The molecule has 0 saturated carbocycles. The Labute approximate surface area is 181 Å². The van der Waals surface area contributed by atoms with E-state index in [2.05, 4.69) is 56.6 Å². The van der Waals surface area contributed by atoms with Crippen LogP contribution < -0.4 is 4.74 Å². The molecule has 0 radical (unpaired) electrons. The molecule has 0 bridgehead atoms. The van der Waals surface area contributed by atoms with Crippen molar-refractivity contribution in [3.63, 3.8) is 0 Å². The molecule has 0 saturated heterocycles. The van der Waals surface area contributed by atoms with E-state index in [-0.39, 0.29) is 0 Å². The summed E-state index contributed by atoms with van der Waals surface area (Å²) in [5.41, 5.74) is 5.74. The Kier molecular flexibility index (Phi) is 5.11. The number of hydrogen-bond acceptors (Lipinski definition) is 6. The number of ether oxygens (including phenoxy) is 1. The SMILES string of the molecule is COc1ccc2c(c1)c(CN1CCc3nc(-c4cncnc4)ncc3C1)cn2C(C)C. The minimum Gasteiger partial charge on any atom is -0.497 e. The Morgan fingerprint density at radius 2 is 1.97 bits per heavy atom. The predicted octanol–water partition coefficient (Wildman–Crippen LogP) is 4.04. The zero-order valence-electron chi connectivity index (χ0n) is 18.1. The summed E-state index contributed by atoms with van der Waals surface area (Å²) >= 11 is 0. The van der Waals surface area contributed by atoms with Gasteiger partial charge in [-0.25, -0.2) is 19.9 Å². The number of aromatic nitrogens is 5. The summed E-state index contributed by atoms with van der Waals surface area (Å²) in [6.07, 6.45) is 10.2. The minimum absolute atomic E-state index is 0.403. The van der Waals surface area contributed by atoms with E-state index in [0.717, 1.165) is 43.1 Å². The van der Waals surface area contributed by atoms with Gasteiger partial charge in [0.15, 0.2) is 5.82 Å². The second-order valence-corrected chi connectivity index (χ2v) is 8.29. The van der Waals surface area contributed by atoms with Gasteiger partial charge in [0.1, 0.15) is 12.1 Å². The molecule has 5 rings (SSSR count). The van der Waals surface area contributed by atoms with Crippen molar-refractivity contribution in [3.8, 4) is 17.1 Å². The van der Waals surface area contributed by atoms with E-state index in [1.165, 1.54) is 28.4 Å². The van der Waals surface area contributed by atoms with E-state index in [1.807, 2.05) is 12.3 Å². The van der Waals surface area contributed by atoms with Gasteiger partial charge in [-0.3, -0.25) is 4.90 Å². The third-order valence-corrected chi connectivity index (χ3v) is 5.90. The highest BCUT2D eigenvalue weighted by Gasteiger charge is 2.21. The van der Waals surface area contributed by atoms with Crippen molar-refractivity contribution < 1.29 is 4.74 Å². The highest BCUT2D eigenvalue weighted by molar-refractivity contribution is 5.85. The van der Waals surface area contributed by atoms with Crippen molar-refractivity contribution in [2.45, 2.75) is 39.4 Å². The molecule has 0 fully saturated rings. The first-order valence-electron chi connectivity index (χ1n) is 10.6. The van der Waals surface area contributed by atoms with Crippen molar-refractivity contribution in [1.29, 1.82) is 0 Å². The summed E-state index contributed by atoms with van der Waals surface area (Å²) in [6, 6.07) is 6.75. The first-order valence-corrected chi connectivity index (χ1v) is 10.6. The van der Waals surface area contributed by atoms with Gasteiger partial charge in [0.2, 0.25) is 0 Å². The second-order valence-electron chi connectivity index (χ2n) is 8.29. The number of methoxy groups -OCH3 is 1. The molecule has 7 nitrogen and oxygen atoms in total. The molecule has 0 atom stereocenters. The lowest BCUT2D eigenvalue weighted by Gasteiger charge is -2.28. The van der Waals surface area contributed by atoms with Gasteiger partial charge in [0.05, 0.1) is 18.4 Å². The van der Waals surface area contributed by atoms with Crippen LogP contribution in [0, 0.1) is 0 Å². The summed E-state index contributed by atoms with van der Waals surface area (Å²) in [5, 5.41) is 1.26. The van der Waals surface area contributed by atoms with E-state index >= 15 is 0 Å². The lowest BCUT2D eigenvalue weighted by molar-refractivity contribution is 0.243. The fraction of sp³-hybridized carbons (Fsp3) is 0.333. The highest BCUT2D eigenvalue weighted by atomic mass is 16.5. The van der Waals surface area contributed by atoms with Crippen LogP contribution in [0.1, 0.15) is 36.7 Å². The van der Waals surface area contributed by atoms with Crippen LogP contribution in [0.3, 0.4) is 0 Å². The van der Waals surface area contributed by atoms with Crippen molar-refractivity contribution in [2.75, 3.05) is 13.7 Å². The molecule has 31 heavy (non-hydrogen) atoms. The maximum Gasteiger partial charge on any atom is 0.162 e. The fourth-order valence-electron chi connectivity index (χ4n) is 4.29. The zero-order chi connectivity index (χ0) is 21.4. The normalized spacial score (nSPS) is 14.2. The van der Waals surface area contributed by atoms with Crippen LogP contribution in [-0.2, 0) is 19.5 Å². The number of hydrogen-bond donors (Lipinski definition) is 0. The molecular formula is C24H26N6O. The van der Waals surface area contributed by atoms with E-state index < -0.39 is 0 Å². The van der Waals surface area contributed by atoms with Crippen LogP contribution in [0.25, 0.3) is 22.3 Å². The molecule has 1 aromatic carbocycles. The minimum atomic E-state index is 0.403. The van der Waals surface area contributed by atoms with E-state index in [1.54, 1.807) is 19.5 Å². The van der Waals surface area contributed by atoms with Crippen LogP contribution in [0.4, 0.5) is 0 Å². The van der Waals surface area contributed by atoms with Gasteiger partial charge in [-0.2, -0.15) is 0 Å². The Morgan fingerprint density at radius 1 is 1.13 bits per heavy atom. The standard InChI is InChI=1S/C24H26N6O/c1-16(2)30-14-19(21-8-20(31-3)4-5-23(21)30)13-29-7-6-22-18(12-29)11-27-24(28-22)17-9-25-15-26-10-17/h4-5,8-11,14-16H,6-7,12-13H2,1-3H3. The molecular weight excluding hydrogens is 388 g/mol. The average Bonchev–Trinajstić information content (AvgIpc) is 3.17. The van der Waals surface area contributed by atoms with Gasteiger partial charge < -0.3 is 9.30 Å². The molecule has 1 aliphatic rings. The highest BCUT2D eigenvalue weighted by Crippen LogP contribution is 2.30. The molecule has 0 aliphatic carbocycles. The quantitative estimate of drug-likeness (QED) is 0.491. The molecule has 4 aromatic rings. The Hall–Kier alpha value is -3.32. The fourth-order valence-corrected chi connectivity index (χ4v) is 4.29. The van der Waals surface area contributed by atoms with Gasteiger partial charge in [-0.15, -0.1) is 0 Å². The predicted molar refractivity (Wildman–Crippen MR) is 120 cm³/mol. The number of fused-ring (bicyclic) bond motifs is 2. The Balaban J connectivity index is 1.41. The zero-order valence-corrected chi connectivity index (χ0v) is 18.1. The van der Waals surface area contributed by atoms with Crippen molar-refractivity contribution in [2.24, 2.45) is 0 Å². The first kappa shape index (κ1) is 19.6. The van der Waals surface area contributed by atoms with Gasteiger partial charge in [0.25, 0.3) is 0 Å². The second kappa shape index (κ2) is 8.07. The molecule has 1 aliphatic heterocycles. The Morgan fingerprint density at radius 3 is 2.74 bits per heavy atom.